The number of likely N-dealkylation sites (tertiary alicyclic amines) is 1. The Bertz CT molecular complexity index is 818. The van der Waals surface area contributed by atoms with Gasteiger partial charge in [-0.15, -0.1) is 0 Å². The number of amides is 1. The predicted octanol–water partition coefficient (Wildman–Crippen LogP) is 3.75. The summed E-state index contributed by atoms with van der Waals surface area (Å²) in [6.45, 7) is 1.68. The first-order valence-corrected chi connectivity index (χ1v) is 9.21. The van der Waals surface area contributed by atoms with Crippen molar-refractivity contribution in [3.63, 3.8) is 0 Å². The highest BCUT2D eigenvalue weighted by Gasteiger charge is 2.19. The maximum absolute atomic E-state index is 12.4. The molecule has 6 nitrogen and oxygen atoms in total. The molecule has 2 aromatic rings. The van der Waals surface area contributed by atoms with Crippen LogP contribution >= 0.6 is 12.2 Å². The van der Waals surface area contributed by atoms with Crippen molar-refractivity contribution >= 4 is 34.6 Å². The van der Waals surface area contributed by atoms with Crippen LogP contribution in [0.2, 0.25) is 0 Å². The molecular weight excluding hydrogens is 362 g/mol. The Labute approximate surface area is 164 Å². The van der Waals surface area contributed by atoms with E-state index in [4.69, 9.17) is 21.7 Å². The van der Waals surface area contributed by atoms with E-state index in [1.54, 1.807) is 14.2 Å². The molecule has 0 saturated carbocycles. The zero-order valence-corrected chi connectivity index (χ0v) is 16.3. The lowest BCUT2D eigenvalue weighted by Crippen LogP contribution is -2.27. The van der Waals surface area contributed by atoms with Crippen molar-refractivity contribution in [1.29, 1.82) is 0 Å². The molecule has 0 radical (unpaired) electrons. The van der Waals surface area contributed by atoms with E-state index in [2.05, 4.69) is 10.6 Å². The van der Waals surface area contributed by atoms with Gasteiger partial charge in [0.1, 0.15) is 11.5 Å². The summed E-state index contributed by atoms with van der Waals surface area (Å²) in [5.41, 5.74) is 2.19. The number of hydrogen-bond acceptors (Lipinski definition) is 4. The van der Waals surface area contributed by atoms with E-state index in [-0.39, 0.29) is 5.91 Å². The maximum Gasteiger partial charge on any atom is 0.253 e. The summed E-state index contributed by atoms with van der Waals surface area (Å²) in [4.78, 5) is 14.3. The first-order chi connectivity index (χ1) is 13.1. The molecular formula is C20H23N3O3S. The van der Waals surface area contributed by atoms with Gasteiger partial charge in [-0.3, -0.25) is 4.79 Å². The number of rotatable bonds is 5. The van der Waals surface area contributed by atoms with Crippen molar-refractivity contribution in [2.45, 2.75) is 12.8 Å². The van der Waals surface area contributed by atoms with Crippen molar-refractivity contribution in [1.82, 2.24) is 4.90 Å². The van der Waals surface area contributed by atoms with Gasteiger partial charge in [0.25, 0.3) is 5.91 Å². The molecule has 1 saturated heterocycles. The summed E-state index contributed by atoms with van der Waals surface area (Å²) in [5.74, 6) is 1.44. The van der Waals surface area contributed by atoms with Crippen LogP contribution in [0.3, 0.4) is 0 Å². The van der Waals surface area contributed by atoms with E-state index in [9.17, 15) is 4.79 Å². The SMILES string of the molecule is COc1ccc(OC)c(NC(=S)Nc2ccc(C(=O)N3CCCC3)cc2)c1. The number of anilines is 2. The predicted molar refractivity (Wildman–Crippen MR) is 111 cm³/mol. The molecule has 7 heteroatoms. The monoisotopic (exact) mass is 385 g/mol. The molecule has 0 atom stereocenters. The van der Waals surface area contributed by atoms with Gasteiger partial charge < -0.3 is 25.0 Å². The molecule has 0 unspecified atom stereocenters. The van der Waals surface area contributed by atoms with Crippen LogP contribution in [0.15, 0.2) is 42.5 Å². The van der Waals surface area contributed by atoms with Crippen LogP contribution in [0.5, 0.6) is 11.5 Å². The fraction of sp³-hybridized carbons (Fsp3) is 0.300. The summed E-state index contributed by atoms with van der Waals surface area (Å²) in [6, 6.07) is 12.8. The largest absolute Gasteiger partial charge is 0.497 e. The van der Waals surface area contributed by atoms with Crippen LogP contribution < -0.4 is 20.1 Å². The highest BCUT2D eigenvalue weighted by molar-refractivity contribution is 7.80. The Morgan fingerprint density at radius 2 is 1.70 bits per heavy atom. The van der Waals surface area contributed by atoms with Crippen LogP contribution in [0.4, 0.5) is 11.4 Å². The van der Waals surface area contributed by atoms with Gasteiger partial charge in [-0.05, 0) is 61.5 Å². The van der Waals surface area contributed by atoms with Crippen LogP contribution in [0.1, 0.15) is 23.2 Å². The number of methoxy groups -OCH3 is 2. The summed E-state index contributed by atoms with van der Waals surface area (Å²) in [5, 5.41) is 6.64. The van der Waals surface area contributed by atoms with Crippen LogP contribution in [-0.4, -0.2) is 43.2 Å². The lowest BCUT2D eigenvalue weighted by Gasteiger charge is -2.16. The molecule has 0 spiro atoms. The van der Waals surface area contributed by atoms with Gasteiger partial charge >= 0.3 is 0 Å². The average Bonchev–Trinajstić information content (AvgIpc) is 3.22. The number of carbonyl (C=O) groups excluding carboxylic acids is 1. The summed E-state index contributed by atoms with van der Waals surface area (Å²) in [6.07, 6.45) is 2.16. The maximum atomic E-state index is 12.4. The molecule has 142 valence electrons. The second kappa shape index (κ2) is 8.73. The third-order valence-electron chi connectivity index (χ3n) is 4.44. The van der Waals surface area contributed by atoms with Gasteiger partial charge in [0.2, 0.25) is 0 Å². The topological polar surface area (TPSA) is 62.8 Å². The normalized spacial score (nSPS) is 13.2. The lowest BCUT2D eigenvalue weighted by molar-refractivity contribution is 0.0793. The smallest absolute Gasteiger partial charge is 0.253 e. The van der Waals surface area contributed by atoms with E-state index in [1.165, 1.54) is 0 Å². The summed E-state index contributed by atoms with van der Waals surface area (Å²) >= 11 is 5.38. The molecule has 1 fully saturated rings. The second-order valence-electron chi connectivity index (χ2n) is 6.22. The van der Waals surface area contributed by atoms with Crippen molar-refractivity contribution in [2.75, 3.05) is 37.9 Å². The minimum absolute atomic E-state index is 0.0841. The van der Waals surface area contributed by atoms with Gasteiger partial charge in [-0.2, -0.15) is 0 Å². The van der Waals surface area contributed by atoms with Gasteiger partial charge in [0.15, 0.2) is 5.11 Å². The van der Waals surface area contributed by atoms with E-state index < -0.39 is 0 Å². The highest BCUT2D eigenvalue weighted by Crippen LogP contribution is 2.29. The standard InChI is InChI=1S/C20H23N3O3S/c1-25-16-9-10-18(26-2)17(13-16)22-20(27)21-15-7-5-14(6-8-15)19(24)23-11-3-4-12-23/h5-10,13H,3-4,11-12H2,1-2H3,(H2,21,22,27). The van der Waals surface area contributed by atoms with Crippen molar-refractivity contribution < 1.29 is 14.3 Å². The first kappa shape index (κ1) is 19.0. The van der Waals surface area contributed by atoms with Gasteiger partial charge in [-0.25, -0.2) is 0 Å². The molecule has 0 bridgehead atoms. The van der Waals surface area contributed by atoms with E-state index in [1.807, 2.05) is 47.4 Å². The fourth-order valence-electron chi connectivity index (χ4n) is 3.00. The highest BCUT2D eigenvalue weighted by atomic mass is 32.1. The molecule has 1 aliphatic heterocycles. The fourth-order valence-corrected chi connectivity index (χ4v) is 3.22. The summed E-state index contributed by atoms with van der Waals surface area (Å²) < 4.78 is 10.6. The number of hydrogen-bond donors (Lipinski definition) is 2. The minimum atomic E-state index is 0.0841. The number of thiocarbonyl (C=S) groups is 1. The van der Waals surface area contributed by atoms with Crippen molar-refractivity contribution in [3.8, 4) is 11.5 Å². The number of nitrogens with one attached hydrogen (secondary N) is 2. The molecule has 0 aromatic heterocycles. The third-order valence-corrected chi connectivity index (χ3v) is 4.64. The molecule has 2 N–H and O–H groups in total. The molecule has 2 aromatic carbocycles. The Balaban J connectivity index is 1.63. The van der Waals surface area contributed by atoms with Gasteiger partial charge in [0, 0.05) is 30.4 Å². The van der Waals surface area contributed by atoms with E-state index >= 15 is 0 Å². The Kier molecular flexibility index (Phi) is 6.13. The molecule has 1 heterocycles. The third kappa shape index (κ3) is 4.68. The Hall–Kier alpha value is -2.80. The molecule has 0 aliphatic carbocycles. The van der Waals surface area contributed by atoms with Crippen LogP contribution in [0, 0.1) is 0 Å². The van der Waals surface area contributed by atoms with Crippen molar-refractivity contribution in [2.24, 2.45) is 0 Å². The van der Waals surface area contributed by atoms with E-state index in [0.717, 1.165) is 31.6 Å². The Morgan fingerprint density at radius 3 is 2.33 bits per heavy atom. The molecule has 1 amide bonds. The first-order valence-electron chi connectivity index (χ1n) is 8.80. The number of nitrogens with zero attached hydrogens (tertiary/aromatic N) is 1. The van der Waals surface area contributed by atoms with E-state index in [0.29, 0.717) is 27.9 Å². The number of benzene rings is 2. The summed E-state index contributed by atoms with van der Waals surface area (Å²) in [7, 11) is 3.20. The zero-order valence-electron chi connectivity index (χ0n) is 15.5. The second-order valence-corrected chi connectivity index (χ2v) is 6.63. The number of ether oxygens (including phenoxy) is 2. The van der Waals surface area contributed by atoms with Crippen molar-refractivity contribution in [3.05, 3.63) is 48.0 Å². The van der Waals surface area contributed by atoms with Gasteiger partial charge in [0.05, 0.1) is 19.9 Å². The molecule has 1 aliphatic rings. The lowest BCUT2D eigenvalue weighted by atomic mass is 10.2. The Morgan fingerprint density at radius 1 is 1.00 bits per heavy atom. The van der Waals surface area contributed by atoms with Crippen LogP contribution in [-0.2, 0) is 0 Å². The quantitative estimate of drug-likeness (QED) is 0.765. The van der Waals surface area contributed by atoms with Gasteiger partial charge in [-0.1, -0.05) is 0 Å². The average molecular weight is 385 g/mol. The zero-order chi connectivity index (χ0) is 19.2. The molecule has 3 rings (SSSR count). The number of carbonyl (C=O) groups is 1. The molecule has 27 heavy (non-hydrogen) atoms. The minimum Gasteiger partial charge on any atom is -0.497 e. The van der Waals surface area contributed by atoms with Crippen LogP contribution in [0.25, 0.3) is 0 Å².